The summed E-state index contributed by atoms with van der Waals surface area (Å²) in [6.07, 6.45) is 0.407. The summed E-state index contributed by atoms with van der Waals surface area (Å²) in [6, 6.07) is 5.24. The summed E-state index contributed by atoms with van der Waals surface area (Å²) in [4.78, 5) is 11.7. The van der Waals surface area contributed by atoms with Gasteiger partial charge in [0.25, 0.3) is 0 Å². The van der Waals surface area contributed by atoms with Crippen LogP contribution in [0.2, 0.25) is 10.0 Å². The molecule has 1 aromatic carbocycles. The highest BCUT2D eigenvalue weighted by molar-refractivity contribution is 8.00. The lowest BCUT2D eigenvalue weighted by Crippen LogP contribution is -2.28. The molecule has 4 heteroatoms. The number of rotatable bonds is 3. The first-order chi connectivity index (χ1) is 7.16. The van der Waals surface area contributed by atoms with Crippen molar-refractivity contribution in [2.24, 2.45) is 5.92 Å². The van der Waals surface area contributed by atoms with Crippen molar-refractivity contribution in [3.05, 3.63) is 33.8 Å². The Morgan fingerprint density at radius 1 is 1.40 bits per heavy atom. The van der Waals surface area contributed by atoms with Gasteiger partial charge in [-0.2, -0.15) is 11.8 Å². The first-order valence-corrected chi connectivity index (χ1v) is 6.62. The lowest BCUT2D eigenvalue weighted by molar-refractivity contribution is -0.121. The van der Waals surface area contributed by atoms with E-state index in [0.717, 1.165) is 17.1 Å². The van der Waals surface area contributed by atoms with Crippen molar-refractivity contribution in [3.8, 4) is 0 Å². The van der Waals surface area contributed by atoms with Crippen LogP contribution >= 0.6 is 35.0 Å². The minimum Gasteiger partial charge on any atom is -0.299 e. The normalized spacial score (nSPS) is 16.1. The Morgan fingerprint density at radius 2 is 2.13 bits per heavy atom. The van der Waals surface area contributed by atoms with Gasteiger partial charge in [-0.05, 0) is 23.8 Å². The third-order valence-corrected chi connectivity index (χ3v) is 4.35. The van der Waals surface area contributed by atoms with E-state index in [4.69, 9.17) is 23.2 Å². The smallest absolute Gasteiger partial charge is 0.142 e. The number of ketones is 1. The maximum absolute atomic E-state index is 11.7. The number of hydrogen-bond donors (Lipinski definition) is 0. The molecule has 2 rings (SSSR count). The van der Waals surface area contributed by atoms with Crippen LogP contribution in [0.3, 0.4) is 0 Å². The topological polar surface area (TPSA) is 17.1 Å². The van der Waals surface area contributed by atoms with Crippen molar-refractivity contribution in [2.45, 2.75) is 6.42 Å². The lowest BCUT2D eigenvalue weighted by atomic mass is 10.0. The Kier molecular flexibility index (Phi) is 3.60. The molecule has 80 valence electrons. The summed E-state index contributed by atoms with van der Waals surface area (Å²) in [6.45, 7) is 0. The number of benzene rings is 1. The predicted molar refractivity (Wildman–Crippen MR) is 66.0 cm³/mol. The van der Waals surface area contributed by atoms with Crippen LogP contribution in [0.1, 0.15) is 5.56 Å². The maximum Gasteiger partial charge on any atom is 0.142 e. The second-order valence-electron chi connectivity index (χ2n) is 3.61. The molecule has 1 aromatic rings. The van der Waals surface area contributed by atoms with E-state index in [1.807, 2.05) is 11.8 Å². The largest absolute Gasteiger partial charge is 0.299 e. The minimum atomic E-state index is 0.227. The van der Waals surface area contributed by atoms with Crippen molar-refractivity contribution < 1.29 is 4.79 Å². The minimum absolute atomic E-state index is 0.227. The fraction of sp³-hybridized carbons (Fsp3) is 0.364. The van der Waals surface area contributed by atoms with Gasteiger partial charge < -0.3 is 0 Å². The van der Waals surface area contributed by atoms with Crippen LogP contribution in [0.25, 0.3) is 0 Å². The van der Waals surface area contributed by atoms with Crippen LogP contribution in [-0.4, -0.2) is 17.3 Å². The highest BCUT2D eigenvalue weighted by atomic mass is 35.5. The molecule has 15 heavy (non-hydrogen) atoms. The molecular weight excluding hydrogens is 251 g/mol. The Hall–Kier alpha value is -0.180. The van der Waals surface area contributed by atoms with Gasteiger partial charge >= 0.3 is 0 Å². The standard InChI is InChI=1S/C11H10Cl2OS/c12-9-1-2-10(13)7(3-9)4-11(14)8-5-15-6-8/h1-3,8H,4-6H2. The number of carbonyl (C=O) groups is 1. The lowest BCUT2D eigenvalue weighted by Gasteiger charge is -2.23. The first kappa shape index (κ1) is 11.3. The van der Waals surface area contributed by atoms with Gasteiger partial charge in [-0.1, -0.05) is 23.2 Å². The Labute approximate surface area is 103 Å². The first-order valence-electron chi connectivity index (χ1n) is 4.71. The predicted octanol–water partition coefficient (Wildman–Crippen LogP) is 3.47. The third kappa shape index (κ3) is 2.68. The van der Waals surface area contributed by atoms with E-state index in [-0.39, 0.29) is 11.7 Å². The Morgan fingerprint density at radius 3 is 2.73 bits per heavy atom. The fourth-order valence-electron chi connectivity index (χ4n) is 1.43. The summed E-state index contributed by atoms with van der Waals surface area (Å²) in [5.74, 6) is 2.41. The molecular formula is C11H10Cl2OS. The highest BCUT2D eigenvalue weighted by Gasteiger charge is 2.26. The molecule has 1 aliphatic heterocycles. The van der Waals surface area contributed by atoms with Gasteiger partial charge in [0.15, 0.2) is 0 Å². The molecule has 0 aliphatic carbocycles. The molecule has 0 atom stereocenters. The molecule has 1 aliphatic rings. The number of thioether (sulfide) groups is 1. The maximum atomic E-state index is 11.7. The second-order valence-corrected chi connectivity index (χ2v) is 5.53. The van der Waals surface area contributed by atoms with Gasteiger partial charge in [-0.15, -0.1) is 0 Å². The van der Waals surface area contributed by atoms with Gasteiger partial charge in [0, 0.05) is 33.9 Å². The van der Waals surface area contributed by atoms with Crippen molar-refractivity contribution in [1.29, 1.82) is 0 Å². The molecule has 0 unspecified atom stereocenters. The van der Waals surface area contributed by atoms with E-state index in [9.17, 15) is 4.79 Å². The SMILES string of the molecule is O=C(Cc1cc(Cl)ccc1Cl)C1CSC1. The Bertz CT molecular complexity index is 388. The van der Waals surface area contributed by atoms with E-state index in [0.29, 0.717) is 16.5 Å². The van der Waals surface area contributed by atoms with Crippen molar-refractivity contribution in [3.63, 3.8) is 0 Å². The molecule has 0 amide bonds. The third-order valence-electron chi connectivity index (χ3n) is 2.47. The second kappa shape index (κ2) is 4.77. The monoisotopic (exact) mass is 260 g/mol. The van der Waals surface area contributed by atoms with Crippen LogP contribution < -0.4 is 0 Å². The molecule has 0 radical (unpaired) electrons. The average molecular weight is 261 g/mol. The summed E-state index contributed by atoms with van der Waals surface area (Å²) in [7, 11) is 0. The van der Waals surface area contributed by atoms with Gasteiger partial charge in [0.1, 0.15) is 5.78 Å². The summed E-state index contributed by atoms with van der Waals surface area (Å²) < 4.78 is 0. The molecule has 0 aromatic heterocycles. The van der Waals surface area contributed by atoms with Crippen LogP contribution in [0.15, 0.2) is 18.2 Å². The summed E-state index contributed by atoms with van der Waals surface area (Å²) >= 11 is 13.7. The van der Waals surface area contributed by atoms with E-state index in [2.05, 4.69) is 0 Å². The van der Waals surface area contributed by atoms with E-state index in [1.165, 1.54) is 0 Å². The Balaban J connectivity index is 2.09. The zero-order chi connectivity index (χ0) is 10.8. The average Bonchev–Trinajstić information content (AvgIpc) is 2.08. The van der Waals surface area contributed by atoms with Crippen molar-refractivity contribution in [1.82, 2.24) is 0 Å². The van der Waals surface area contributed by atoms with Crippen LogP contribution in [0, 0.1) is 5.92 Å². The van der Waals surface area contributed by atoms with E-state index >= 15 is 0 Å². The van der Waals surface area contributed by atoms with E-state index < -0.39 is 0 Å². The van der Waals surface area contributed by atoms with Crippen molar-refractivity contribution >= 4 is 40.7 Å². The molecule has 1 fully saturated rings. The molecule has 0 bridgehead atoms. The van der Waals surface area contributed by atoms with Gasteiger partial charge in [0.05, 0.1) is 0 Å². The van der Waals surface area contributed by atoms with Crippen LogP contribution in [-0.2, 0) is 11.2 Å². The highest BCUT2D eigenvalue weighted by Crippen LogP contribution is 2.28. The quantitative estimate of drug-likeness (QED) is 0.828. The number of carbonyl (C=O) groups excluding carboxylic acids is 1. The van der Waals surface area contributed by atoms with Gasteiger partial charge in [-0.3, -0.25) is 4.79 Å². The molecule has 0 N–H and O–H groups in total. The fourth-order valence-corrected chi connectivity index (χ4v) is 2.65. The molecule has 0 saturated carbocycles. The zero-order valence-corrected chi connectivity index (χ0v) is 10.3. The van der Waals surface area contributed by atoms with Crippen LogP contribution in [0.5, 0.6) is 0 Å². The van der Waals surface area contributed by atoms with E-state index in [1.54, 1.807) is 18.2 Å². The molecule has 1 saturated heterocycles. The molecule has 1 heterocycles. The summed E-state index contributed by atoms with van der Waals surface area (Å²) in [5, 5.41) is 1.25. The van der Waals surface area contributed by atoms with Crippen molar-refractivity contribution in [2.75, 3.05) is 11.5 Å². The van der Waals surface area contributed by atoms with Gasteiger partial charge in [0.2, 0.25) is 0 Å². The number of hydrogen-bond acceptors (Lipinski definition) is 2. The molecule has 0 spiro atoms. The van der Waals surface area contributed by atoms with Crippen LogP contribution in [0.4, 0.5) is 0 Å². The number of Topliss-reactive ketones (excluding diaryl/α,β-unsaturated/α-hetero) is 1. The zero-order valence-electron chi connectivity index (χ0n) is 8.00. The van der Waals surface area contributed by atoms with Gasteiger partial charge in [-0.25, -0.2) is 0 Å². The number of halogens is 2. The molecule has 1 nitrogen and oxygen atoms in total. The summed E-state index contributed by atoms with van der Waals surface area (Å²) in [5.41, 5.74) is 0.839.